The van der Waals surface area contributed by atoms with Crippen LogP contribution in [0.5, 0.6) is 0 Å². The molecule has 4 aromatic heterocycles. The summed E-state index contributed by atoms with van der Waals surface area (Å²) in [6.45, 7) is 8.63. The van der Waals surface area contributed by atoms with Gasteiger partial charge in [-0.3, -0.25) is 4.98 Å². The first kappa shape index (κ1) is 36.4. The molecule has 7 heteroatoms. The molecule has 8 aromatic rings. The molecular weight excluding hydrogens is 865 g/mol. The maximum Gasteiger partial charge on any atom is 0.216 e. The Morgan fingerprint density at radius 1 is 0.843 bits per heavy atom. The fraction of sp³-hybridized carbons (Fsp3) is 0.205. The molecule has 0 bridgehead atoms. The number of nitrogens with zero attached hydrogens (tertiary/aromatic N) is 4. The summed E-state index contributed by atoms with van der Waals surface area (Å²) >= 11 is -1.86. The van der Waals surface area contributed by atoms with Crippen LogP contribution in [0.2, 0.25) is 17.3 Å². The first-order valence-corrected chi connectivity index (χ1v) is 24.6. The van der Waals surface area contributed by atoms with Gasteiger partial charge in [0.05, 0.1) is 22.4 Å². The molecule has 8 rings (SSSR count). The van der Waals surface area contributed by atoms with Crippen LogP contribution in [-0.4, -0.2) is 32.8 Å². The molecule has 0 aliphatic rings. The zero-order valence-corrected chi connectivity index (χ0v) is 34.7. The molecule has 259 valence electrons. The van der Waals surface area contributed by atoms with Crippen LogP contribution in [0.3, 0.4) is 0 Å². The van der Waals surface area contributed by atoms with Crippen LogP contribution in [0.25, 0.3) is 61.4 Å². The van der Waals surface area contributed by atoms with Gasteiger partial charge in [-0.25, -0.2) is 4.98 Å². The molecule has 0 aliphatic carbocycles. The van der Waals surface area contributed by atoms with E-state index in [1.54, 1.807) is 4.40 Å². The van der Waals surface area contributed by atoms with Crippen molar-refractivity contribution in [3.8, 4) is 28.3 Å². The number of para-hydroxylation sites is 3. The predicted molar refractivity (Wildman–Crippen MR) is 210 cm³/mol. The summed E-state index contributed by atoms with van der Waals surface area (Å²) in [5.74, 6) is 8.80. The van der Waals surface area contributed by atoms with Crippen LogP contribution in [0, 0.1) is 31.9 Å². The van der Waals surface area contributed by atoms with Crippen LogP contribution in [0.15, 0.2) is 114 Å². The number of hydrogen-bond acceptors (Lipinski definition) is 4. The van der Waals surface area contributed by atoms with E-state index in [-0.39, 0.29) is 20.1 Å². The second-order valence-electron chi connectivity index (χ2n) is 14.4. The van der Waals surface area contributed by atoms with E-state index in [0.717, 1.165) is 73.4 Å². The SMILES string of the molecule is CC(C)Cc1cc(-c2[c-]cccc2)nc[c]1[Ge]([CH3])([CH3])[CH3].Cc1ccc2c(n1)oc1c(-c3nc4ccccc4n3-c3ccccc3)[c-]cc(C)c12.[Ir]. The average Bonchev–Trinajstić information content (AvgIpc) is 3.68. The van der Waals surface area contributed by atoms with Crippen molar-refractivity contribution in [3.63, 3.8) is 0 Å². The molecule has 1 radical (unpaired) electrons. The van der Waals surface area contributed by atoms with E-state index in [1.807, 2.05) is 73.7 Å². The van der Waals surface area contributed by atoms with E-state index in [1.165, 1.54) is 5.56 Å². The van der Waals surface area contributed by atoms with Crippen molar-refractivity contribution in [1.82, 2.24) is 19.5 Å². The Kier molecular flexibility index (Phi) is 10.8. The van der Waals surface area contributed by atoms with E-state index < -0.39 is 13.3 Å². The molecule has 0 spiro atoms. The molecular formula is C44H42GeIrN4O-2. The molecule has 4 aromatic carbocycles. The second-order valence-corrected chi connectivity index (χ2v) is 25.0. The maximum absolute atomic E-state index is 6.29. The Labute approximate surface area is 316 Å². The van der Waals surface area contributed by atoms with Crippen molar-refractivity contribution in [1.29, 1.82) is 0 Å². The number of pyridine rings is 2. The van der Waals surface area contributed by atoms with Gasteiger partial charge < -0.3 is 8.98 Å². The molecule has 0 N–H and O–H groups in total. The normalized spacial score (nSPS) is 11.5. The number of rotatable bonds is 6. The third-order valence-corrected chi connectivity index (χ3v) is 13.3. The summed E-state index contributed by atoms with van der Waals surface area (Å²) in [4.78, 5) is 14.3. The number of hydrogen-bond donors (Lipinski definition) is 0. The Bertz CT molecular complexity index is 2440. The minimum absolute atomic E-state index is 0. The van der Waals surface area contributed by atoms with Crippen molar-refractivity contribution in [2.24, 2.45) is 5.92 Å². The number of furan rings is 1. The van der Waals surface area contributed by atoms with Gasteiger partial charge in [-0.05, 0) is 43.3 Å². The van der Waals surface area contributed by atoms with Gasteiger partial charge in [-0.15, -0.1) is 17.7 Å². The third-order valence-electron chi connectivity index (χ3n) is 8.96. The summed E-state index contributed by atoms with van der Waals surface area (Å²) in [5.41, 5.74) is 11.0. The molecule has 51 heavy (non-hydrogen) atoms. The molecule has 0 fully saturated rings. The van der Waals surface area contributed by atoms with Gasteiger partial charge in [0.15, 0.2) is 0 Å². The molecule has 0 amide bonds. The Hall–Kier alpha value is -4.36. The number of fused-ring (bicyclic) bond motifs is 4. The van der Waals surface area contributed by atoms with Gasteiger partial charge in [0.2, 0.25) is 5.71 Å². The van der Waals surface area contributed by atoms with Crippen molar-refractivity contribution in [3.05, 3.63) is 138 Å². The van der Waals surface area contributed by atoms with Gasteiger partial charge in [0.1, 0.15) is 0 Å². The largest absolute Gasteiger partial charge is 0.486 e. The van der Waals surface area contributed by atoms with E-state index in [0.29, 0.717) is 11.6 Å². The topological polar surface area (TPSA) is 56.7 Å². The van der Waals surface area contributed by atoms with Crippen molar-refractivity contribution in [2.75, 3.05) is 0 Å². The molecule has 0 atom stereocenters. The third kappa shape index (κ3) is 7.50. The van der Waals surface area contributed by atoms with E-state index in [2.05, 4.69) is 102 Å². The van der Waals surface area contributed by atoms with Gasteiger partial charge in [-0.2, -0.15) is 0 Å². The van der Waals surface area contributed by atoms with Crippen LogP contribution in [0.4, 0.5) is 0 Å². The molecule has 0 saturated carbocycles. The summed E-state index contributed by atoms with van der Waals surface area (Å²) in [7, 11) is 0. The smallest absolute Gasteiger partial charge is 0.216 e. The Morgan fingerprint density at radius 2 is 1.59 bits per heavy atom. The number of benzene rings is 4. The van der Waals surface area contributed by atoms with Crippen LogP contribution >= 0.6 is 0 Å². The fourth-order valence-electron chi connectivity index (χ4n) is 6.64. The zero-order valence-electron chi connectivity index (χ0n) is 30.2. The van der Waals surface area contributed by atoms with Gasteiger partial charge in [-0.1, -0.05) is 48.2 Å². The summed E-state index contributed by atoms with van der Waals surface area (Å²) < 4.78 is 10.00. The molecule has 4 heterocycles. The van der Waals surface area contributed by atoms with E-state index >= 15 is 0 Å². The fourth-order valence-corrected chi connectivity index (χ4v) is 9.97. The number of aromatic nitrogens is 4. The van der Waals surface area contributed by atoms with Gasteiger partial charge in [0, 0.05) is 36.9 Å². The van der Waals surface area contributed by atoms with E-state index in [9.17, 15) is 0 Å². The average molecular weight is 908 g/mol. The van der Waals surface area contributed by atoms with Crippen molar-refractivity contribution in [2.45, 2.75) is 51.4 Å². The van der Waals surface area contributed by atoms with Gasteiger partial charge in [0.25, 0.3) is 0 Å². The summed E-state index contributed by atoms with van der Waals surface area (Å²) in [5, 5.41) is 2.09. The predicted octanol–water partition coefficient (Wildman–Crippen LogP) is 10.7. The van der Waals surface area contributed by atoms with Crippen molar-refractivity contribution >= 4 is 50.8 Å². The monoisotopic (exact) mass is 909 g/mol. The first-order chi connectivity index (χ1) is 24.1. The van der Waals surface area contributed by atoms with E-state index in [4.69, 9.17) is 14.4 Å². The van der Waals surface area contributed by atoms with Crippen LogP contribution < -0.4 is 4.40 Å². The molecule has 0 unspecified atom stereocenters. The molecule has 0 saturated heterocycles. The second kappa shape index (κ2) is 15.1. The van der Waals surface area contributed by atoms with Crippen LogP contribution in [-0.2, 0) is 26.5 Å². The Balaban J connectivity index is 0.000000188. The zero-order chi connectivity index (χ0) is 35.0. The van der Waals surface area contributed by atoms with Gasteiger partial charge >= 0.3 is 126 Å². The summed E-state index contributed by atoms with van der Waals surface area (Å²) in [6.07, 6.45) is 3.27. The maximum atomic E-state index is 6.29. The minimum Gasteiger partial charge on any atom is -0.486 e. The number of aryl methyl sites for hydroxylation is 2. The molecule has 0 aliphatic heterocycles. The quantitative estimate of drug-likeness (QED) is 0.123. The standard InChI is InChI=1S/C26H18N3O.C18H24GeN.Ir/c1-16-12-14-20(24-23(16)19-15-13-17(2)27-26(19)30-24)25-28-21-10-6-7-11-22(21)29(25)18-8-4-3-5-9-18;1-14(2)11-16-12-18(15-9-7-6-8-10-15)20-13-17(16)19(3,4)5;/h3-13,15H,1-2H3;6-9,12-14H,11H2,1-5H3;/q2*-1;. The minimum atomic E-state index is -1.86. The summed E-state index contributed by atoms with van der Waals surface area (Å²) in [6, 6.07) is 41.7. The first-order valence-electron chi connectivity index (χ1n) is 17.3. The van der Waals surface area contributed by atoms with Crippen LogP contribution in [0.1, 0.15) is 30.7 Å². The number of imidazole rings is 1. The van der Waals surface area contributed by atoms with Crippen molar-refractivity contribution < 1.29 is 24.5 Å². The Morgan fingerprint density at radius 3 is 2.31 bits per heavy atom. The molecule has 5 nitrogen and oxygen atoms in total.